The number of nitrogens with one attached hydrogen (secondary N) is 1. The second-order valence-electron chi connectivity index (χ2n) is 7.36. The summed E-state index contributed by atoms with van der Waals surface area (Å²) in [6, 6.07) is 11.5. The Bertz CT molecular complexity index is 761. The number of aliphatic hydroxyl groups is 1. The number of carbonyl (C=O) groups is 1. The Morgan fingerprint density at radius 3 is 2.68 bits per heavy atom. The molecule has 1 aliphatic rings. The second-order valence-corrected chi connectivity index (χ2v) is 8.34. The number of methoxy groups -OCH3 is 2. The van der Waals surface area contributed by atoms with Gasteiger partial charge in [-0.1, -0.05) is 18.2 Å². The van der Waals surface area contributed by atoms with Crippen molar-refractivity contribution in [1.82, 2.24) is 10.2 Å². The van der Waals surface area contributed by atoms with Crippen LogP contribution in [-0.4, -0.2) is 54.9 Å². The maximum Gasteiger partial charge on any atom is 0.246 e. The molecule has 2 heterocycles. The summed E-state index contributed by atoms with van der Waals surface area (Å²) >= 11 is 1.64. The highest BCUT2D eigenvalue weighted by molar-refractivity contribution is 7.10. The van der Waals surface area contributed by atoms with Crippen molar-refractivity contribution in [2.45, 2.75) is 37.6 Å². The van der Waals surface area contributed by atoms with Crippen molar-refractivity contribution < 1.29 is 19.4 Å². The second kappa shape index (κ2) is 9.05. The number of piperidine rings is 1. The van der Waals surface area contributed by atoms with Gasteiger partial charge >= 0.3 is 0 Å². The maximum absolute atomic E-state index is 12.3. The average Bonchev–Trinajstić information content (AvgIpc) is 3.20. The molecule has 6 nitrogen and oxygen atoms in total. The highest BCUT2D eigenvalue weighted by Gasteiger charge is 2.46. The first-order valence-corrected chi connectivity index (χ1v) is 10.2. The van der Waals surface area contributed by atoms with E-state index in [4.69, 9.17) is 9.47 Å². The van der Waals surface area contributed by atoms with Gasteiger partial charge in [-0.2, -0.15) is 0 Å². The van der Waals surface area contributed by atoms with Crippen LogP contribution in [0.1, 0.15) is 29.8 Å². The Hall–Kier alpha value is -1.93. The van der Waals surface area contributed by atoms with Crippen molar-refractivity contribution in [3.05, 3.63) is 52.2 Å². The molecule has 2 aromatic rings. The van der Waals surface area contributed by atoms with Crippen molar-refractivity contribution in [3.8, 4) is 5.75 Å². The quantitative estimate of drug-likeness (QED) is 0.742. The lowest BCUT2D eigenvalue weighted by Crippen LogP contribution is -2.62. The normalized spacial score (nSPS) is 25.4. The fourth-order valence-electron chi connectivity index (χ4n) is 3.74. The minimum atomic E-state index is -1.01. The number of nitrogens with zero attached hydrogens (tertiary/aromatic N) is 1. The summed E-state index contributed by atoms with van der Waals surface area (Å²) in [6.07, 6.45) is 0.572. The predicted octanol–water partition coefficient (Wildman–Crippen LogP) is 2.59. The zero-order valence-corrected chi connectivity index (χ0v) is 17.4. The van der Waals surface area contributed by atoms with Gasteiger partial charge in [-0.15, -0.1) is 11.3 Å². The molecule has 0 unspecified atom stereocenters. The van der Waals surface area contributed by atoms with E-state index in [0.29, 0.717) is 6.42 Å². The lowest BCUT2D eigenvalue weighted by atomic mass is 9.81. The molecule has 1 aromatic carbocycles. The Balaban J connectivity index is 1.88. The lowest BCUT2D eigenvalue weighted by Gasteiger charge is -2.48. The van der Waals surface area contributed by atoms with Crippen LogP contribution in [0.15, 0.2) is 41.8 Å². The summed E-state index contributed by atoms with van der Waals surface area (Å²) in [6.45, 7) is 3.23. The van der Waals surface area contributed by atoms with Gasteiger partial charge in [0, 0.05) is 25.1 Å². The number of carbonyl (C=O) groups excluding carboxylic acids is 1. The number of hydrogen-bond donors (Lipinski definition) is 2. The molecular weight excluding hydrogens is 376 g/mol. The first-order chi connectivity index (χ1) is 13.4. The molecule has 0 bridgehead atoms. The van der Waals surface area contributed by atoms with Crippen LogP contribution in [0.3, 0.4) is 0 Å². The van der Waals surface area contributed by atoms with Crippen molar-refractivity contribution >= 4 is 17.2 Å². The molecule has 0 aliphatic carbocycles. The largest absolute Gasteiger partial charge is 0.497 e. The van der Waals surface area contributed by atoms with Crippen LogP contribution in [0.4, 0.5) is 0 Å². The smallest absolute Gasteiger partial charge is 0.246 e. The topological polar surface area (TPSA) is 71.0 Å². The summed E-state index contributed by atoms with van der Waals surface area (Å²) in [5, 5.41) is 16.1. The summed E-state index contributed by atoms with van der Waals surface area (Å²) in [4.78, 5) is 15.7. The number of likely N-dealkylation sites (tertiary alicyclic amines) is 1. The van der Waals surface area contributed by atoms with E-state index in [1.807, 2.05) is 23.6 Å². The lowest BCUT2D eigenvalue weighted by molar-refractivity contribution is -0.132. The van der Waals surface area contributed by atoms with Crippen molar-refractivity contribution in [2.75, 3.05) is 27.4 Å². The number of benzene rings is 1. The monoisotopic (exact) mass is 404 g/mol. The standard InChI is InChI=1S/C21H28N2O4S/c1-21(25)10-11-23(13-15-6-8-16(27-3)9-7-15)19(17-5-4-12-28-17)20(21)22-18(24)14-26-2/h4-9,12,19-20,25H,10-11,13-14H2,1-3H3,(H,22,24)/t19-,20-,21+/m0/s1. The average molecular weight is 405 g/mol. The van der Waals surface area contributed by atoms with Gasteiger partial charge < -0.3 is 19.9 Å². The molecule has 28 heavy (non-hydrogen) atoms. The molecule has 152 valence electrons. The first kappa shape index (κ1) is 20.8. The fraction of sp³-hybridized carbons (Fsp3) is 0.476. The van der Waals surface area contributed by atoms with Crippen LogP contribution in [0.5, 0.6) is 5.75 Å². The Morgan fingerprint density at radius 1 is 1.32 bits per heavy atom. The summed E-state index contributed by atoms with van der Waals surface area (Å²) < 4.78 is 10.2. The molecular formula is C21H28N2O4S. The van der Waals surface area contributed by atoms with Crippen LogP contribution >= 0.6 is 11.3 Å². The molecule has 7 heteroatoms. The van der Waals surface area contributed by atoms with Crippen molar-refractivity contribution in [2.24, 2.45) is 0 Å². The molecule has 1 amide bonds. The molecule has 0 radical (unpaired) electrons. The van der Waals surface area contributed by atoms with Gasteiger partial charge in [-0.3, -0.25) is 9.69 Å². The van der Waals surface area contributed by atoms with Gasteiger partial charge in [0.1, 0.15) is 12.4 Å². The molecule has 1 aromatic heterocycles. The third kappa shape index (κ3) is 4.72. The molecule has 3 atom stereocenters. The molecule has 2 N–H and O–H groups in total. The van der Waals surface area contributed by atoms with Gasteiger partial charge in [-0.25, -0.2) is 0 Å². The van der Waals surface area contributed by atoms with E-state index in [1.54, 1.807) is 25.4 Å². The molecule has 1 fully saturated rings. The Kier molecular flexibility index (Phi) is 6.72. The summed E-state index contributed by atoms with van der Waals surface area (Å²) in [5.41, 5.74) is 0.153. The van der Waals surface area contributed by atoms with E-state index in [9.17, 15) is 9.90 Å². The van der Waals surface area contributed by atoms with E-state index < -0.39 is 11.6 Å². The van der Waals surface area contributed by atoms with Crippen molar-refractivity contribution in [1.29, 1.82) is 0 Å². The van der Waals surface area contributed by atoms with E-state index >= 15 is 0 Å². The number of thiophene rings is 1. The molecule has 0 spiro atoms. The zero-order chi connectivity index (χ0) is 20.1. The maximum atomic E-state index is 12.3. The third-order valence-electron chi connectivity index (χ3n) is 5.26. The van der Waals surface area contributed by atoms with Crippen LogP contribution in [0.2, 0.25) is 0 Å². The van der Waals surface area contributed by atoms with E-state index in [1.165, 1.54) is 7.11 Å². The van der Waals surface area contributed by atoms with Gasteiger partial charge in [-0.05, 0) is 42.5 Å². The minimum Gasteiger partial charge on any atom is -0.497 e. The predicted molar refractivity (Wildman–Crippen MR) is 110 cm³/mol. The molecule has 1 saturated heterocycles. The first-order valence-electron chi connectivity index (χ1n) is 9.35. The van der Waals surface area contributed by atoms with Gasteiger partial charge in [0.2, 0.25) is 5.91 Å². The van der Waals surface area contributed by atoms with E-state index in [0.717, 1.165) is 29.3 Å². The number of hydrogen-bond acceptors (Lipinski definition) is 6. The van der Waals surface area contributed by atoms with Gasteiger partial charge in [0.05, 0.1) is 24.8 Å². The highest BCUT2D eigenvalue weighted by atomic mass is 32.1. The highest BCUT2D eigenvalue weighted by Crippen LogP contribution is 2.39. The summed E-state index contributed by atoms with van der Waals surface area (Å²) in [5.74, 6) is 0.602. The SMILES string of the molecule is COCC(=O)N[C@H]1[C@H](c2cccs2)N(Cc2ccc(OC)cc2)CC[C@@]1(C)O. The molecule has 1 aliphatic heterocycles. The van der Waals surface area contributed by atoms with E-state index in [-0.39, 0.29) is 18.6 Å². The van der Waals surface area contributed by atoms with Crippen LogP contribution in [0.25, 0.3) is 0 Å². The van der Waals surface area contributed by atoms with Crippen LogP contribution in [0, 0.1) is 0 Å². The van der Waals surface area contributed by atoms with E-state index in [2.05, 4.69) is 28.4 Å². The Labute approximate surface area is 170 Å². The van der Waals surface area contributed by atoms with Gasteiger partial charge in [0.25, 0.3) is 0 Å². The Morgan fingerprint density at radius 2 is 2.07 bits per heavy atom. The van der Waals surface area contributed by atoms with Crippen LogP contribution < -0.4 is 10.1 Å². The zero-order valence-electron chi connectivity index (χ0n) is 16.6. The minimum absolute atomic E-state index is 0.0256. The third-order valence-corrected chi connectivity index (χ3v) is 6.20. The van der Waals surface area contributed by atoms with Gasteiger partial charge in [0.15, 0.2) is 0 Å². The number of rotatable bonds is 7. The molecule has 0 saturated carbocycles. The fourth-order valence-corrected chi connectivity index (χ4v) is 4.64. The van der Waals surface area contributed by atoms with Crippen molar-refractivity contribution in [3.63, 3.8) is 0 Å². The summed E-state index contributed by atoms with van der Waals surface area (Å²) in [7, 11) is 3.15. The number of amides is 1. The number of ether oxygens (including phenoxy) is 2. The molecule has 3 rings (SSSR count). The van der Waals surface area contributed by atoms with Crippen LogP contribution in [-0.2, 0) is 16.1 Å².